The Kier molecular flexibility index (Phi) is 3.61. The third kappa shape index (κ3) is 2.78. The van der Waals surface area contributed by atoms with Crippen LogP contribution in [0.25, 0.3) is 0 Å². The number of carboxylic acid groups (broad SMARTS) is 1. The van der Waals surface area contributed by atoms with Gasteiger partial charge in [-0.25, -0.2) is 9.78 Å². The van der Waals surface area contributed by atoms with Crippen LogP contribution in [-0.4, -0.2) is 46.6 Å². The van der Waals surface area contributed by atoms with Crippen molar-refractivity contribution in [2.45, 2.75) is 18.4 Å². The molecule has 1 fully saturated rings. The van der Waals surface area contributed by atoms with E-state index in [1.54, 1.807) is 12.1 Å². The number of likely N-dealkylation sites (N-methyl/N-ethyl adjacent to an activating group) is 1. The predicted molar refractivity (Wildman–Crippen MR) is 70.4 cm³/mol. The predicted octanol–water partition coefficient (Wildman–Crippen LogP) is 1.84. The zero-order chi connectivity index (χ0) is 14.0. The van der Waals surface area contributed by atoms with Gasteiger partial charge in [-0.2, -0.15) is 0 Å². The SMILES string of the molecule is CN(C(=O)O)C1(CN(C=O)c2ccc(Cl)nc2)CC1. The Bertz CT molecular complexity index is 487. The van der Waals surface area contributed by atoms with Gasteiger partial charge < -0.3 is 14.9 Å². The minimum absolute atomic E-state index is 0.322. The Morgan fingerprint density at radius 2 is 2.26 bits per heavy atom. The third-order valence-corrected chi connectivity index (χ3v) is 3.68. The first kappa shape index (κ1) is 13.6. The van der Waals surface area contributed by atoms with Crippen LogP contribution in [0.3, 0.4) is 0 Å². The van der Waals surface area contributed by atoms with E-state index in [9.17, 15) is 9.59 Å². The molecule has 6 nitrogen and oxygen atoms in total. The lowest BCUT2D eigenvalue weighted by Gasteiger charge is -2.29. The molecule has 1 aromatic heterocycles. The highest BCUT2D eigenvalue weighted by Crippen LogP contribution is 2.42. The van der Waals surface area contributed by atoms with Crippen LogP contribution in [0.5, 0.6) is 0 Å². The molecule has 1 aromatic rings. The number of hydrogen-bond acceptors (Lipinski definition) is 3. The molecule has 0 aromatic carbocycles. The number of halogens is 1. The van der Waals surface area contributed by atoms with Gasteiger partial charge in [-0.1, -0.05) is 11.6 Å². The first-order valence-corrected chi connectivity index (χ1v) is 6.16. The van der Waals surface area contributed by atoms with E-state index >= 15 is 0 Å². The summed E-state index contributed by atoms with van der Waals surface area (Å²) in [6.45, 7) is 0.322. The van der Waals surface area contributed by atoms with E-state index in [2.05, 4.69) is 4.98 Å². The summed E-state index contributed by atoms with van der Waals surface area (Å²) >= 11 is 5.69. The fourth-order valence-electron chi connectivity index (χ4n) is 1.99. The van der Waals surface area contributed by atoms with Crippen LogP contribution in [0.2, 0.25) is 5.15 Å². The van der Waals surface area contributed by atoms with Crippen LogP contribution in [0.4, 0.5) is 10.5 Å². The van der Waals surface area contributed by atoms with Crippen molar-refractivity contribution in [2.24, 2.45) is 0 Å². The molecule has 7 heteroatoms. The van der Waals surface area contributed by atoms with E-state index in [4.69, 9.17) is 16.7 Å². The fourth-order valence-corrected chi connectivity index (χ4v) is 2.10. The topological polar surface area (TPSA) is 73.7 Å². The van der Waals surface area contributed by atoms with E-state index < -0.39 is 11.6 Å². The molecule has 0 spiro atoms. The highest BCUT2D eigenvalue weighted by molar-refractivity contribution is 6.29. The molecule has 0 bridgehead atoms. The van der Waals surface area contributed by atoms with Crippen LogP contribution >= 0.6 is 11.6 Å². The van der Waals surface area contributed by atoms with Crippen molar-refractivity contribution in [1.29, 1.82) is 0 Å². The quantitative estimate of drug-likeness (QED) is 0.661. The summed E-state index contributed by atoms with van der Waals surface area (Å²) < 4.78 is 0. The van der Waals surface area contributed by atoms with E-state index in [0.29, 0.717) is 23.8 Å². The number of hydrogen-bond donors (Lipinski definition) is 1. The van der Waals surface area contributed by atoms with E-state index in [0.717, 1.165) is 12.8 Å². The fraction of sp³-hybridized carbons (Fsp3) is 0.417. The molecule has 1 aliphatic carbocycles. The average Bonchev–Trinajstić information content (AvgIpc) is 3.17. The van der Waals surface area contributed by atoms with Crippen molar-refractivity contribution >= 4 is 29.8 Å². The summed E-state index contributed by atoms with van der Waals surface area (Å²) in [7, 11) is 1.53. The molecular formula is C12H14ClN3O3. The molecule has 0 saturated heterocycles. The number of carbonyl (C=O) groups excluding carboxylic acids is 1. The Labute approximate surface area is 115 Å². The molecule has 0 unspecified atom stereocenters. The molecule has 0 aliphatic heterocycles. The van der Waals surface area contributed by atoms with Crippen LogP contribution in [0, 0.1) is 0 Å². The van der Waals surface area contributed by atoms with Gasteiger partial charge in [0.15, 0.2) is 0 Å². The van der Waals surface area contributed by atoms with Gasteiger partial charge in [-0.05, 0) is 25.0 Å². The Balaban J connectivity index is 2.14. The number of carbonyl (C=O) groups is 2. The summed E-state index contributed by atoms with van der Waals surface area (Å²) in [5.74, 6) is 0. The van der Waals surface area contributed by atoms with Crippen molar-refractivity contribution in [2.75, 3.05) is 18.5 Å². The Morgan fingerprint density at radius 1 is 1.58 bits per heavy atom. The standard InChI is InChI=1S/C12H14ClN3O3/c1-15(11(18)19)12(4-5-12)7-16(8-17)9-2-3-10(13)14-6-9/h2-3,6,8H,4-5,7H2,1H3,(H,18,19). The van der Waals surface area contributed by atoms with Gasteiger partial charge in [0.25, 0.3) is 0 Å². The van der Waals surface area contributed by atoms with Crippen molar-refractivity contribution in [3.8, 4) is 0 Å². The maximum Gasteiger partial charge on any atom is 0.407 e. The molecule has 1 saturated carbocycles. The normalized spacial score (nSPS) is 15.7. The lowest BCUT2D eigenvalue weighted by molar-refractivity contribution is -0.107. The molecule has 0 radical (unpaired) electrons. The second kappa shape index (κ2) is 5.05. The molecule has 2 amide bonds. The average molecular weight is 284 g/mol. The van der Waals surface area contributed by atoms with Gasteiger partial charge in [0.05, 0.1) is 17.4 Å². The molecular weight excluding hydrogens is 270 g/mol. The van der Waals surface area contributed by atoms with Crippen LogP contribution in [0.1, 0.15) is 12.8 Å². The van der Waals surface area contributed by atoms with Crippen LogP contribution in [-0.2, 0) is 4.79 Å². The zero-order valence-electron chi connectivity index (χ0n) is 10.4. The minimum atomic E-state index is -0.988. The molecule has 1 heterocycles. The molecule has 1 aliphatic rings. The summed E-state index contributed by atoms with van der Waals surface area (Å²) in [6, 6.07) is 3.27. The maximum atomic E-state index is 11.2. The number of pyridine rings is 1. The van der Waals surface area contributed by atoms with Crippen molar-refractivity contribution in [3.63, 3.8) is 0 Å². The molecule has 2 rings (SSSR count). The number of anilines is 1. The summed E-state index contributed by atoms with van der Waals surface area (Å²) in [4.78, 5) is 28.9. The molecule has 102 valence electrons. The first-order chi connectivity index (χ1) is 8.98. The van der Waals surface area contributed by atoms with Crippen LogP contribution < -0.4 is 4.90 Å². The molecule has 19 heavy (non-hydrogen) atoms. The van der Waals surface area contributed by atoms with Gasteiger partial charge in [0.1, 0.15) is 5.15 Å². The second-order valence-electron chi connectivity index (χ2n) is 4.64. The third-order valence-electron chi connectivity index (χ3n) is 3.46. The summed E-state index contributed by atoms with van der Waals surface area (Å²) in [5.41, 5.74) is 0.122. The maximum absolute atomic E-state index is 11.2. The largest absolute Gasteiger partial charge is 0.465 e. The second-order valence-corrected chi connectivity index (χ2v) is 5.03. The number of amides is 2. The van der Waals surface area contributed by atoms with Crippen LogP contribution in [0.15, 0.2) is 18.3 Å². The van der Waals surface area contributed by atoms with Crippen molar-refractivity contribution in [3.05, 3.63) is 23.5 Å². The highest BCUT2D eigenvalue weighted by Gasteiger charge is 2.50. The Morgan fingerprint density at radius 3 is 2.68 bits per heavy atom. The lowest BCUT2D eigenvalue weighted by Crippen LogP contribution is -2.46. The zero-order valence-corrected chi connectivity index (χ0v) is 11.2. The summed E-state index contributed by atoms with van der Waals surface area (Å²) in [6.07, 6.45) is 2.69. The van der Waals surface area contributed by atoms with E-state index in [1.807, 2.05) is 0 Å². The Hall–Kier alpha value is -1.82. The van der Waals surface area contributed by atoms with Gasteiger partial charge in [0.2, 0.25) is 6.41 Å². The van der Waals surface area contributed by atoms with Gasteiger partial charge in [-0.15, -0.1) is 0 Å². The molecule has 1 N–H and O–H groups in total. The van der Waals surface area contributed by atoms with Gasteiger partial charge in [-0.3, -0.25) is 4.79 Å². The van der Waals surface area contributed by atoms with Gasteiger partial charge >= 0.3 is 6.09 Å². The van der Waals surface area contributed by atoms with Gasteiger partial charge in [0, 0.05) is 13.6 Å². The number of aromatic nitrogens is 1. The van der Waals surface area contributed by atoms with Crippen molar-refractivity contribution in [1.82, 2.24) is 9.88 Å². The van der Waals surface area contributed by atoms with E-state index in [-0.39, 0.29) is 0 Å². The highest BCUT2D eigenvalue weighted by atomic mass is 35.5. The smallest absolute Gasteiger partial charge is 0.407 e. The summed E-state index contributed by atoms with van der Waals surface area (Å²) in [5, 5.41) is 9.39. The number of nitrogens with zero attached hydrogens (tertiary/aromatic N) is 3. The lowest BCUT2D eigenvalue weighted by atomic mass is 10.2. The molecule has 0 atom stereocenters. The van der Waals surface area contributed by atoms with E-state index in [1.165, 1.54) is 23.0 Å². The number of rotatable bonds is 5. The minimum Gasteiger partial charge on any atom is -0.465 e. The monoisotopic (exact) mass is 283 g/mol. The van der Waals surface area contributed by atoms with Crippen molar-refractivity contribution < 1.29 is 14.7 Å². The first-order valence-electron chi connectivity index (χ1n) is 5.79.